The number of aryl methyl sites for hydroxylation is 2. The number of hydrogen-bond acceptors (Lipinski definition) is 4. The van der Waals surface area contributed by atoms with E-state index in [1.807, 2.05) is 12.1 Å². The van der Waals surface area contributed by atoms with E-state index >= 15 is 0 Å². The Morgan fingerprint density at radius 1 is 0.617 bits per heavy atom. The second kappa shape index (κ2) is 23.8. The first-order chi connectivity index (χ1) is 22.1. The molecule has 0 heterocycles. The number of carbonyl (C=O) groups excluding carboxylic acids is 1. The van der Waals surface area contributed by atoms with Gasteiger partial charge in [-0.3, -0.25) is 4.79 Å². The van der Waals surface area contributed by atoms with Crippen molar-refractivity contribution >= 4 is 19.4 Å². The smallest absolute Gasteiger partial charge is 0.493 e. The molecule has 47 heavy (non-hydrogen) atoms. The number of unbranched alkanes of at least 4 members (excludes halogenated alkanes) is 3. The van der Waals surface area contributed by atoms with Crippen LogP contribution in [-0.2, 0) is 0 Å². The Labute approximate surface area is 303 Å². The molecule has 0 saturated heterocycles. The molecule has 0 aliphatic carbocycles. The number of rotatable bonds is 24. The summed E-state index contributed by atoms with van der Waals surface area (Å²) in [6.45, 7) is 23.8. The van der Waals surface area contributed by atoms with Gasteiger partial charge in [0, 0.05) is 17.7 Å². The molecular weight excluding hydrogens is 594 g/mol. The fourth-order valence-electron chi connectivity index (χ4n) is 6.13. The van der Waals surface area contributed by atoms with Crippen LogP contribution in [0.2, 0.25) is 0 Å². The third-order valence-electron chi connectivity index (χ3n) is 9.93. The average molecular weight is 662 g/mol. The van der Waals surface area contributed by atoms with E-state index in [0.717, 1.165) is 71.3 Å². The van der Waals surface area contributed by atoms with Crippen LogP contribution in [-0.4, -0.2) is 25.3 Å². The molecule has 2 aromatic rings. The van der Waals surface area contributed by atoms with E-state index in [2.05, 4.69) is 75.3 Å². The zero-order valence-electron chi connectivity index (χ0n) is 32.2. The topological polar surface area (TPSA) is 44.8 Å². The van der Waals surface area contributed by atoms with Crippen LogP contribution in [0.1, 0.15) is 151 Å². The van der Waals surface area contributed by atoms with Gasteiger partial charge in [0.2, 0.25) is 0 Å². The van der Waals surface area contributed by atoms with E-state index in [0.29, 0.717) is 37.6 Å². The van der Waals surface area contributed by atoms with Gasteiger partial charge in [0.15, 0.2) is 5.52 Å². The normalized spacial score (nSPS) is 13.3. The molecule has 0 aliphatic rings. The second-order valence-electron chi connectivity index (χ2n) is 13.6. The summed E-state index contributed by atoms with van der Waals surface area (Å²) >= 11 is 0. The van der Waals surface area contributed by atoms with E-state index in [9.17, 15) is 4.79 Å². The fraction of sp³-hybridized carbons (Fsp3) is 0.683. The van der Waals surface area contributed by atoms with Crippen molar-refractivity contribution in [2.45, 2.75) is 146 Å². The van der Waals surface area contributed by atoms with E-state index in [4.69, 9.17) is 14.2 Å². The average Bonchev–Trinajstić information content (AvgIpc) is 3.05. The van der Waals surface area contributed by atoms with Crippen LogP contribution in [0.4, 0.5) is 0 Å². The van der Waals surface area contributed by atoms with E-state index in [1.165, 1.54) is 56.1 Å². The Morgan fingerprint density at radius 2 is 1.04 bits per heavy atom. The van der Waals surface area contributed by atoms with Gasteiger partial charge in [-0.05, 0) is 95.5 Å². The fourth-order valence-corrected chi connectivity index (χ4v) is 7.41. The van der Waals surface area contributed by atoms with Crippen LogP contribution in [0.3, 0.4) is 0 Å². The molecule has 0 amide bonds. The Morgan fingerprint density at radius 3 is 1.45 bits per heavy atom. The summed E-state index contributed by atoms with van der Waals surface area (Å²) in [6, 6.07) is 6.22. The maximum Gasteiger partial charge on any atom is 1.00 e. The van der Waals surface area contributed by atoms with E-state index < -0.39 is 0 Å². The first-order valence-corrected chi connectivity index (χ1v) is 19.6. The number of hydrogen-bond donors (Lipinski definition) is 0. The summed E-state index contributed by atoms with van der Waals surface area (Å²) < 4.78 is 19.9. The molecule has 4 nitrogen and oxygen atoms in total. The van der Waals surface area contributed by atoms with Crippen LogP contribution in [0.5, 0.6) is 17.2 Å². The van der Waals surface area contributed by atoms with Crippen molar-refractivity contribution in [2.24, 2.45) is 17.8 Å². The molecular formula is C41H67LiO4P+. The molecule has 0 saturated carbocycles. The number of carbonyl (C=O) groups is 1. The van der Waals surface area contributed by atoms with E-state index in [1.54, 1.807) is 0 Å². The number of ether oxygens (including phenoxy) is 3. The summed E-state index contributed by atoms with van der Waals surface area (Å²) in [7, 11) is -0.101. The van der Waals surface area contributed by atoms with Crippen molar-refractivity contribution in [3.8, 4) is 17.2 Å². The number of benzene rings is 2. The summed E-state index contributed by atoms with van der Waals surface area (Å²) in [6.07, 6.45) is 13.9. The summed E-state index contributed by atoms with van der Waals surface area (Å²) in [4.78, 5) is 14.2. The van der Waals surface area contributed by atoms with Crippen molar-refractivity contribution in [2.75, 3.05) is 19.8 Å². The van der Waals surface area contributed by atoms with Gasteiger partial charge < -0.3 is 14.2 Å². The standard InChI is InChI=1S/C41H67O4P.Li/c1-11-17-20-33(14-4)26-43-36-24-37(44-27-34(15-5)21-18-12-2)40(38(25-36)45-28-35(16-6)22-19-13-3)46-41(42)39-30(8)23-29(7)31(9)32(39)10;/h23-25,33-35,46H,11-22,26-28H2,1-10H3;/q;+1. The quantitative estimate of drug-likeness (QED) is 0.0833. The predicted octanol–water partition coefficient (Wildman–Crippen LogP) is 8.85. The van der Waals surface area contributed by atoms with Crippen LogP contribution in [0.25, 0.3) is 0 Å². The molecule has 0 aliphatic heterocycles. The van der Waals surface area contributed by atoms with Gasteiger partial charge in [-0.15, -0.1) is 0 Å². The van der Waals surface area contributed by atoms with Gasteiger partial charge in [-0.2, -0.15) is 0 Å². The minimum absolute atomic E-state index is 0. The maximum atomic E-state index is 14.2. The SMILES string of the molecule is CCCCC(CC)COc1cc(OCC(CC)CCCC)c(PC(=O)c2c(C)cc(C)c(C)c2C)c(OCC(CC)CCCC)c1.[Li+]. The molecule has 4 unspecified atom stereocenters. The third-order valence-corrected chi connectivity index (χ3v) is 11.1. The van der Waals surface area contributed by atoms with Crippen LogP contribution >= 0.6 is 8.58 Å². The predicted molar refractivity (Wildman–Crippen MR) is 201 cm³/mol. The largest absolute Gasteiger partial charge is 1.00 e. The molecule has 4 atom stereocenters. The first-order valence-electron chi connectivity index (χ1n) is 18.6. The minimum atomic E-state index is -0.101. The van der Waals surface area contributed by atoms with Crippen molar-refractivity contribution in [1.29, 1.82) is 0 Å². The zero-order chi connectivity index (χ0) is 34.1. The molecule has 2 aromatic carbocycles. The van der Waals surface area contributed by atoms with Crippen molar-refractivity contribution in [3.63, 3.8) is 0 Å². The molecule has 0 N–H and O–H groups in total. The summed E-state index contributed by atoms with van der Waals surface area (Å²) in [5.74, 6) is 3.74. The van der Waals surface area contributed by atoms with E-state index in [-0.39, 0.29) is 33.0 Å². The van der Waals surface area contributed by atoms with Crippen molar-refractivity contribution in [3.05, 3.63) is 46.0 Å². The second-order valence-corrected chi connectivity index (χ2v) is 14.8. The van der Waals surface area contributed by atoms with Crippen LogP contribution in [0.15, 0.2) is 18.2 Å². The van der Waals surface area contributed by atoms with Gasteiger partial charge in [0.05, 0.1) is 25.1 Å². The molecule has 0 spiro atoms. The van der Waals surface area contributed by atoms with Crippen molar-refractivity contribution < 1.29 is 37.9 Å². The first kappa shape index (κ1) is 43.6. The van der Waals surface area contributed by atoms with Gasteiger partial charge in [-0.1, -0.05) is 105 Å². The Hall–Kier alpha value is -1.46. The molecule has 0 aromatic heterocycles. The Bertz CT molecular complexity index is 1160. The van der Waals surface area contributed by atoms with Gasteiger partial charge >= 0.3 is 18.9 Å². The Kier molecular flexibility index (Phi) is 22.1. The molecule has 0 bridgehead atoms. The molecule has 2 rings (SSSR count). The van der Waals surface area contributed by atoms with Gasteiger partial charge in [0.25, 0.3) is 0 Å². The molecule has 0 fully saturated rings. The third kappa shape index (κ3) is 14.1. The summed E-state index contributed by atoms with van der Waals surface area (Å²) in [5.41, 5.74) is 5.51. The Balaban J connectivity index is 0.0000110. The van der Waals surface area contributed by atoms with Crippen molar-refractivity contribution in [1.82, 2.24) is 0 Å². The van der Waals surface area contributed by atoms with Gasteiger partial charge in [0.1, 0.15) is 17.2 Å². The maximum absolute atomic E-state index is 14.2. The molecule has 260 valence electrons. The molecule has 6 heteroatoms. The zero-order valence-corrected chi connectivity index (χ0v) is 33.2. The minimum Gasteiger partial charge on any atom is -0.493 e. The van der Waals surface area contributed by atoms with Crippen LogP contribution in [0, 0.1) is 45.4 Å². The molecule has 0 radical (unpaired) electrons. The summed E-state index contributed by atoms with van der Waals surface area (Å²) in [5, 5.41) is 0.878. The monoisotopic (exact) mass is 661 g/mol. The van der Waals surface area contributed by atoms with Gasteiger partial charge in [-0.25, -0.2) is 0 Å². The van der Waals surface area contributed by atoms with Crippen LogP contribution < -0.4 is 38.4 Å².